The van der Waals surface area contributed by atoms with Gasteiger partial charge in [-0.2, -0.15) is 0 Å². The van der Waals surface area contributed by atoms with Gasteiger partial charge in [-0.25, -0.2) is 9.89 Å². The van der Waals surface area contributed by atoms with Crippen molar-refractivity contribution in [1.82, 2.24) is 14.8 Å². The van der Waals surface area contributed by atoms with Gasteiger partial charge >= 0.3 is 5.69 Å². The summed E-state index contributed by atoms with van der Waals surface area (Å²) in [5, 5.41) is 7.73. The van der Waals surface area contributed by atoms with Crippen LogP contribution in [0.2, 0.25) is 5.02 Å². The Morgan fingerprint density at radius 3 is 2.86 bits per heavy atom. The highest BCUT2D eigenvalue weighted by Gasteiger charge is 2.11. The summed E-state index contributed by atoms with van der Waals surface area (Å²) in [6.07, 6.45) is 1.74. The number of rotatable bonds is 6. The number of nitrogens with zero attached hydrogens (tertiary/aromatic N) is 2. The van der Waals surface area contributed by atoms with Crippen LogP contribution in [-0.2, 0) is 13.0 Å². The molecule has 0 spiro atoms. The second-order valence-corrected chi connectivity index (χ2v) is 6.21. The summed E-state index contributed by atoms with van der Waals surface area (Å²) in [6, 6.07) is 6.05. The van der Waals surface area contributed by atoms with E-state index in [1.54, 1.807) is 4.57 Å². The van der Waals surface area contributed by atoms with Crippen molar-refractivity contribution in [1.29, 1.82) is 0 Å². The Balaban J connectivity index is 2.19. The van der Waals surface area contributed by atoms with E-state index >= 15 is 0 Å². The van der Waals surface area contributed by atoms with Gasteiger partial charge in [0.1, 0.15) is 0 Å². The normalized spacial score (nSPS) is 12.6. The number of aromatic amines is 1. The fraction of sp³-hybridized carbons (Fsp3) is 0.429. The Kier molecular flexibility index (Phi) is 5.50. The molecule has 0 aliphatic heterocycles. The summed E-state index contributed by atoms with van der Waals surface area (Å²) < 4.78 is 1.57. The topological polar surface area (TPSA) is 76.7 Å². The first kappa shape index (κ1) is 16.1. The SMILES string of the molecule is CCC(N)Cc1ccc(Sc2n[nH]c(=O)n2CC)c(Cl)c1. The lowest BCUT2D eigenvalue weighted by Crippen LogP contribution is -2.21. The van der Waals surface area contributed by atoms with E-state index in [4.69, 9.17) is 17.3 Å². The molecule has 0 saturated heterocycles. The molecule has 5 nitrogen and oxygen atoms in total. The van der Waals surface area contributed by atoms with Crippen LogP contribution in [0.5, 0.6) is 0 Å². The van der Waals surface area contributed by atoms with Gasteiger partial charge < -0.3 is 5.73 Å². The highest BCUT2D eigenvalue weighted by molar-refractivity contribution is 7.99. The highest BCUT2D eigenvalue weighted by atomic mass is 35.5. The van der Waals surface area contributed by atoms with Crippen molar-refractivity contribution in [3.63, 3.8) is 0 Å². The van der Waals surface area contributed by atoms with Gasteiger partial charge in [-0.3, -0.25) is 4.57 Å². The summed E-state index contributed by atoms with van der Waals surface area (Å²) in [6.45, 7) is 4.54. The largest absolute Gasteiger partial charge is 0.343 e. The maximum Gasteiger partial charge on any atom is 0.343 e. The van der Waals surface area contributed by atoms with Gasteiger partial charge in [0.05, 0.1) is 5.02 Å². The minimum Gasteiger partial charge on any atom is -0.327 e. The Morgan fingerprint density at radius 2 is 2.24 bits per heavy atom. The molecule has 2 rings (SSSR count). The molecule has 0 aliphatic carbocycles. The van der Waals surface area contributed by atoms with Crippen LogP contribution >= 0.6 is 23.4 Å². The van der Waals surface area contributed by atoms with Crippen molar-refractivity contribution in [2.24, 2.45) is 5.73 Å². The Bertz CT molecular complexity index is 667. The van der Waals surface area contributed by atoms with Crippen LogP contribution in [0, 0.1) is 0 Å². The van der Waals surface area contributed by atoms with Gasteiger partial charge in [0, 0.05) is 17.5 Å². The van der Waals surface area contributed by atoms with Crippen LogP contribution in [0.3, 0.4) is 0 Å². The highest BCUT2D eigenvalue weighted by Crippen LogP contribution is 2.32. The summed E-state index contributed by atoms with van der Waals surface area (Å²) in [7, 11) is 0. The van der Waals surface area contributed by atoms with E-state index in [0.29, 0.717) is 16.7 Å². The maximum absolute atomic E-state index is 11.5. The second-order valence-electron chi connectivity index (χ2n) is 4.79. The van der Waals surface area contributed by atoms with Crippen LogP contribution in [0.1, 0.15) is 25.8 Å². The fourth-order valence-electron chi connectivity index (χ4n) is 1.96. The summed E-state index contributed by atoms with van der Waals surface area (Å²) in [5.41, 5.74) is 6.87. The van der Waals surface area contributed by atoms with Crippen LogP contribution in [0.25, 0.3) is 0 Å². The molecule has 0 saturated carbocycles. The van der Waals surface area contributed by atoms with Crippen LogP contribution < -0.4 is 11.4 Å². The molecule has 3 N–H and O–H groups in total. The Labute approximate surface area is 132 Å². The molecule has 0 amide bonds. The first-order chi connectivity index (χ1) is 10.0. The van der Waals surface area contributed by atoms with Crippen molar-refractivity contribution in [3.8, 4) is 0 Å². The van der Waals surface area contributed by atoms with Crippen LogP contribution in [0.15, 0.2) is 33.0 Å². The van der Waals surface area contributed by atoms with Crippen molar-refractivity contribution in [2.75, 3.05) is 0 Å². The molecule has 1 aromatic carbocycles. The average Bonchev–Trinajstić information content (AvgIpc) is 2.81. The van der Waals surface area contributed by atoms with Crippen LogP contribution in [-0.4, -0.2) is 20.8 Å². The molecule has 0 radical (unpaired) electrons. The average molecular weight is 327 g/mol. The number of hydrogen-bond acceptors (Lipinski definition) is 4. The van der Waals surface area contributed by atoms with E-state index in [2.05, 4.69) is 17.1 Å². The van der Waals surface area contributed by atoms with Crippen molar-refractivity contribution in [2.45, 2.75) is 49.3 Å². The number of H-pyrrole nitrogens is 1. The molecule has 0 fully saturated rings. The molecule has 114 valence electrons. The summed E-state index contributed by atoms with van der Waals surface area (Å²) in [4.78, 5) is 12.4. The monoisotopic (exact) mass is 326 g/mol. The van der Waals surface area contributed by atoms with E-state index in [1.165, 1.54) is 11.8 Å². The molecule has 7 heteroatoms. The molecule has 1 unspecified atom stereocenters. The minimum absolute atomic E-state index is 0.149. The first-order valence-electron chi connectivity index (χ1n) is 6.92. The lowest BCUT2D eigenvalue weighted by Gasteiger charge is -2.10. The minimum atomic E-state index is -0.207. The molecule has 1 atom stereocenters. The number of aromatic nitrogens is 3. The third-order valence-corrected chi connectivity index (χ3v) is 4.75. The van der Waals surface area contributed by atoms with Crippen molar-refractivity contribution >= 4 is 23.4 Å². The smallest absolute Gasteiger partial charge is 0.327 e. The lowest BCUT2D eigenvalue weighted by atomic mass is 10.1. The van der Waals surface area contributed by atoms with Gasteiger partial charge in [-0.1, -0.05) is 24.6 Å². The number of nitrogens with two attached hydrogens (primary N) is 1. The molecule has 21 heavy (non-hydrogen) atoms. The third kappa shape index (κ3) is 3.90. The zero-order valence-corrected chi connectivity index (χ0v) is 13.7. The quantitative estimate of drug-likeness (QED) is 0.855. The number of nitrogens with one attached hydrogen (secondary N) is 1. The first-order valence-corrected chi connectivity index (χ1v) is 8.11. The number of hydrogen-bond donors (Lipinski definition) is 2. The van der Waals surface area contributed by atoms with E-state index in [0.717, 1.165) is 23.3 Å². The lowest BCUT2D eigenvalue weighted by molar-refractivity contribution is 0.646. The zero-order chi connectivity index (χ0) is 15.4. The maximum atomic E-state index is 11.5. The van der Waals surface area contributed by atoms with Crippen molar-refractivity contribution < 1.29 is 0 Å². The van der Waals surface area contributed by atoms with E-state index in [9.17, 15) is 4.79 Å². The van der Waals surface area contributed by atoms with E-state index in [1.807, 2.05) is 25.1 Å². The van der Waals surface area contributed by atoms with Crippen LogP contribution in [0.4, 0.5) is 0 Å². The second kappa shape index (κ2) is 7.15. The molecule has 0 aliphatic rings. The summed E-state index contributed by atoms with van der Waals surface area (Å²) >= 11 is 7.70. The molecule has 1 aromatic heterocycles. The van der Waals surface area contributed by atoms with Crippen molar-refractivity contribution in [3.05, 3.63) is 39.3 Å². The molecule has 2 aromatic rings. The van der Waals surface area contributed by atoms with E-state index < -0.39 is 0 Å². The van der Waals surface area contributed by atoms with Gasteiger partial charge in [0.25, 0.3) is 0 Å². The summed E-state index contributed by atoms with van der Waals surface area (Å²) in [5.74, 6) is 0. The molecular formula is C14H19ClN4OS. The Morgan fingerprint density at radius 1 is 1.48 bits per heavy atom. The standard InChI is InChI=1S/C14H19ClN4OS/c1-3-10(16)7-9-5-6-12(11(15)8-9)21-14-18-17-13(20)19(14)4-2/h5-6,8,10H,3-4,7,16H2,1-2H3,(H,17,20). The van der Waals surface area contributed by atoms with Gasteiger partial charge in [0.15, 0.2) is 5.16 Å². The molecule has 0 bridgehead atoms. The molecular weight excluding hydrogens is 308 g/mol. The Hall–Kier alpha value is -1.24. The predicted molar refractivity (Wildman–Crippen MR) is 86.1 cm³/mol. The van der Waals surface area contributed by atoms with Gasteiger partial charge in [-0.05, 0) is 49.2 Å². The number of benzene rings is 1. The van der Waals surface area contributed by atoms with Gasteiger partial charge in [0.2, 0.25) is 0 Å². The third-order valence-electron chi connectivity index (χ3n) is 3.26. The predicted octanol–water partition coefficient (Wildman–Crippen LogP) is 2.68. The zero-order valence-electron chi connectivity index (χ0n) is 12.1. The van der Waals surface area contributed by atoms with Gasteiger partial charge in [-0.15, -0.1) is 5.10 Å². The molecule has 1 heterocycles. The number of halogens is 1. The van der Waals surface area contributed by atoms with E-state index in [-0.39, 0.29) is 11.7 Å². The fourth-order valence-corrected chi connectivity index (χ4v) is 3.18.